The summed E-state index contributed by atoms with van der Waals surface area (Å²) >= 11 is 0. The highest BCUT2D eigenvalue weighted by Crippen LogP contribution is 2.38. The number of alkyl halides is 12. The van der Waals surface area contributed by atoms with Gasteiger partial charge in [0, 0.05) is 82.9 Å². The van der Waals surface area contributed by atoms with Crippen LogP contribution in [0.4, 0.5) is 99.2 Å². The Bertz CT molecular complexity index is 4120. The molecule has 0 amide bonds. The monoisotopic (exact) mass is 1400 g/mol. The molecule has 0 aromatic carbocycles. The largest absolute Gasteiger partial charge is 0.418 e. The van der Waals surface area contributed by atoms with Gasteiger partial charge in [0.25, 0.3) is 0 Å². The minimum absolute atomic E-state index is 0. The number of hydrogen-bond acceptors (Lipinski definition) is 24. The fourth-order valence-corrected chi connectivity index (χ4v) is 9.14. The van der Waals surface area contributed by atoms with Gasteiger partial charge in [0.2, 0.25) is 23.1 Å². The van der Waals surface area contributed by atoms with Crippen molar-refractivity contribution in [2.24, 2.45) is 5.73 Å². The Hall–Kier alpha value is -10.7. The molecule has 2 fully saturated rings. The molecule has 0 saturated carbocycles. The third-order valence-electron chi connectivity index (χ3n) is 14.2. The predicted molar refractivity (Wildman–Crippen MR) is 359 cm³/mol. The molecular formula is C62H82F12N20O4. The number of hydrogen-bond donors (Lipinski definition) is 12. The number of nitrogen functional groups attached to an aromatic ring is 4. The summed E-state index contributed by atoms with van der Waals surface area (Å²) in [5.74, 6) is -3.48. The number of pyridine rings is 8. The summed E-state index contributed by atoms with van der Waals surface area (Å²) in [5, 5.41) is 20.8. The maximum Gasteiger partial charge on any atom is 0.418 e. The minimum Gasteiger partial charge on any atom is -0.383 e. The molecule has 10 heterocycles. The van der Waals surface area contributed by atoms with Crippen LogP contribution in [0.3, 0.4) is 0 Å². The van der Waals surface area contributed by atoms with Gasteiger partial charge in [-0.2, -0.15) is 52.7 Å². The van der Waals surface area contributed by atoms with Crippen molar-refractivity contribution in [1.29, 1.82) is 0 Å². The SMILES string of the molecule is CNCCNc1ccc(C(F)(F)F)c(C(=O)c2cccnc2N)n1.NCCCCNc1ccc(C(F)(F)F)c(C(=O)c2cccnc2N)n1.Nc1ncccc1C(=O)c1nc(NC2CCNC2)ccc1C(F)(F)F.Nc1ncccc1C(=O)c1nc(NC2CNC2)ccc1C(F)(F)F.[HH].[HH].[HH].[HH].[HH].[HH].[HH].[HH].[HH]. The minimum atomic E-state index is -4.72. The van der Waals surface area contributed by atoms with Crippen LogP contribution in [0.25, 0.3) is 0 Å². The molecule has 36 heteroatoms. The number of anilines is 8. The van der Waals surface area contributed by atoms with Crippen LogP contribution in [0, 0.1) is 0 Å². The summed E-state index contributed by atoms with van der Waals surface area (Å²) in [5.41, 5.74) is 20.1. The maximum atomic E-state index is 13.3. The molecule has 98 heavy (non-hydrogen) atoms. The Balaban J connectivity index is -0.00000131. The molecule has 2 aliphatic rings. The lowest BCUT2D eigenvalue weighted by atomic mass is 10.0. The summed E-state index contributed by atoms with van der Waals surface area (Å²) in [6.45, 7) is 4.89. The first-order valence-corrected chi connectivity index (χ1v) is 29.5. The number of nitrogens with zero attached hydrogens (tertiary/aromatic N) is 8. The number of halogens is 12. The van der Waals surface area contributed by atoms with E-state index >= 15 is 0 Å². The fraction of sp³-hybridized carbons (Fsp3) is 0.290. The van der Waals surface area contributed by atoms with Gasteiger partial charge < -0.3 is 65.9 Å². The van der Waals surface area contributed by atoms with Crippen LogP contribution >= 0.6 is 0 Å². The molecule has 1 unspecified atom stereocenters. The zero-order valence-electron chi connectivity index (χ0n) is 51.6. The lowest BCUT2D eigenvalue weighted by molar-refractivity contribution is -0.138. The zero-order chi connectivity index (χ0) is 71.5. The number of rotatable bonds is 21. The smallest absolute Gasteiger partial charge is 0.383 e. The van der Waals surface area contributed by atoms with E-state index in [1.165, 1.54) is 97.6 Å². The normalized spacial score (nSPS) is 13.8. The van der Waals surface area contributed by atoms with Gasteiger partial charge in [0.15, 0.2) is 0 Å². The molecule has 10 rings (SSSR count). The lowest BCUT2D eigenvalue weighted by Crippen LogP contribution is -2.51. The third kappa shape index (κ3) is 20.2. The van der Waals surface area contributed by atoms with E-state index in [1.54, 1.807) is 7.05 Å². The van der Waals surface area contributed by atoms with E-state index in [0.29, 0.717) is 45.8 Å². The van der Waals surface area contributed by atoms with Crippen LogP contribution in [0.2, 0.25) is 0 Å². The average molecular weight is 1400 g/mol. The average Bonchev–Trinajstić information content (AvgIpc) is 1.07. The highest BCUT2D eigenvalue weighted by atomic mass is 19.4. The number of nitrogens with one attached hydrogen (secondary N) is 7. The molecule has 17 N–H and O–H groups in total. The van der Waals surface area contributed by atoms with Crippen molar-refractivity contribution in [3.8, 4) is 0 Å². The summed E-state index contributed by atoms with van der Waals surface area (Å²) in [4.78, 5) is 80.6. The van der Waals surface area contributed by atoms with Crippen molar-refractivity contribution in [2.45, 2.75) is 56.1 Å². The Morgan fingerprint density at radius 3 is 1.04 bits per heavy atom. The van der Waals surface area contributed by atoms with E-state index in [1.807, 2.05) is 0 Å². The number of carbonyl (C=O) groups excluding carboxylic acids is 4. The summed E-state index contributed by atoms with van der Waals surface area (Å²) in [6, 6.07) is 19.3. The Morgan fingerprint density at radius 2 is 0.755 bits per heavy atom. The van der Waals surface area contributed by atoms with Crippen LogP contribution in [0.15, 0.2) is 122 Å². The highest BCUT2D eigenvalue weighted by Gasteiger charge is 2.41. The molecule has 0 spiro atoms. The van der Waals surface area contributed by atoms with Crippen LogP contribution in [0.5, 0.6) is 0 Å². The predicted octanol–water partition coefficient (Wildman–Crippen LogP) is 10.4. The Labute approximate surface area is 563 Å². The van der Waals surface area contributed by atoms with Crippen LogP contribution in [-0.2, 0) is 24.7 Å². The number of aromatic nitrogens is 8. The van der Waals surface area contributed by atoms with Crippen LogP contribution in [0.1, 0.15) is 119 Å². The van der Waals surface area contributed by atoms with Gasteiger partial charge in [-0.25, -0.2) is 39.9 Å². The molecule has 2 aliphatic heterocycles. The first-order valence-electron chi connectivity index (χ1n) is 29.5. The van der Waals surface area contributed by atoms with Gasteiger partial charge in [0.05, 0.1) is 50.5 Å². The van der Waals surface area contributed by atoms with E-state index in [4.69, 9.17) is 28.7 Å². The Morgan fingerprint density at radius 1 is 0.439 bits per heavy atom. The molecule has 1 atom stereocenters. The van der Waals surface area contributed by atoms with Crippen LogP contribution in [-0.4, -0.2) is 134 Å². The second-order valence-corrected chi connectivity index (χ2v) is 21.2. The first-order chi connectivity index (χ1) is 46.4. The topological polar surface area (TPSA) is 386 Å². The van der Waals surface area contributed by atoms with E-state index < -0.39 is 92.9 Å². The fourth-order valence-electron chi connectivity index (χ4n) is 9.14. The second-order valence-electron chi connectivity index (χ2n) is 21.2. The summed E-state index contributed by atoms with van der Waals surface area (Å²) in [6.07, 6.45) is -11.1. The number of carbonyl (C=O) groups is 4. The van der Waals surface area contributed by atoms with Crippen molar-refractivity contribution in [2.75, 3.05) is 104 Å². The number of ketones is 4. The van der Waals surface area contributed by atoms with Gasteiger partial charge >= 0.3 is 24.7 Å². The summed E-state index contributed by atoms with van der Waals surface area (Å²) < 4.78 is 159. The molecule has 0 aliphatic carbocycles. The quantitative estimate of drug-likeness (QED) is 0.0181. The molecule has 24 nitrogen and oxygen atoms in total. The number of unbranched alkanes of at least 4 members (excludes halogenated alkanes) is 1. The number of nitrogens with two attached hydrogens (primary N) is 5. The molecule has 2 saturated heterocycles. The van der Waals surface area contributed by atoms with Crippen molar-refractivity contribution in [3.63, 3.8) is 0 Å². The molecule has 0 bridgehead atoms. The van der Waals surface area contributed by atoms with Crippen molar-refractivity contribution < 1.29 is 84.7 Å². The standard InChI is InChI=1S/C16H16F3N5O.C16H18F3N5O.C15H14F3N5O.C15H16F3N5O.9H2/c17-16(18,19)11-3-4-12(23-9-5-7-21-8-9)24-13(11)14(25)10-2-1-6-22-15(10)20;17-16(18,19)11-5-6-12(22-8-2-1-7-20)24-13(11)14(25)10-4-3-9-23-15(10)21;16-15(17,18)10-3-4-11(22-8-6-20-7-8)23-12(10)13(24)9-2-1-5-21-14(9)19;1-20-7-8-21-11-5-4-10(15(16,17)18)12(23-11)13(24)9-3-2-6-22-14(9)19;;;;;;;;;/h1-4,6,9,21H,5,7-8H2,(H2,20,22)(H,23,24);3-6,9H,1-2,7-8,20H2,(H2,21,23)(H,22,24);1-5,8,20H,6-7H2,(H2,19,21)(H,22,23);2-6,20H,7-8H2,1H3,(H2,19,22)(H,21,23);9*1H. The van der Waals surface area contributed by atoms with E-state index in [-0.39, 0.29) is 93.7 Å². The number of likely N-dealkylation sites (N-methyl/N-ethyl adjacent to an activating group) is 1. The maximum absolute atomic E-state index is 13.3. The second kappa shape index (κ2) is 33.3. The summed E-state index contributed by atoms with van der Waals surface area (Å²) in [7, 11) is 1.74. The van der Waals surface area contributed by atoms with Crippen LogP contribution < -0.4 is 65.9 Å². The van der Waals surface area contributed by atoms with E-state index in [2.05, 4.69) is 77.1 Å². The molecule has 538 valence electrons. The molecular weight excluding hydrogens is 1320 g/mol. The third-order valence-corrected chi connectivity index (χ3v) is 14.2. The first kappa shape index (κ1) is 74.7. The van der Waals surface area contributed by atoms with Gasteiger partial charge in [-0.15, -0.1) is 0 Å². The van der Waals surface area contributed by atoms with Gasteiger partial charge in [-0.3, -0.25) is 19.2 Å². The van der Waals surface area contributed by atoms with E-state index in [9.17, 15) is 71.9 Å². The van der Waals surface area contributed by atoms with Crippen molar-refractivity contribution >= 4 is 69.7 Å². The van der Waals surface area contributed by atoms with Gasteiger partial charge in [-0.05, 0) is 136 Å². The van der Waals surface area contributed by atoms with Crippen molar-refractivity contribution in [3.05, 3.63) is 189 Å². The van der Waals surface area contributed by atoms with Crippen molar-refractivity contribution in [1.82, 2.24) is 55.8 Å². The zero-order valence-corrected chi connectivity index (χ0v) is 51.6. The molecule has 8 aromatic heterocycles. The lowest BCUT2D eigenvalue weighted by Gasteiger charge is -2.28. The molecule has 8 aromatic rings. The highest BCUT2D eigenvalue weighted by molar-refractivity contribution is 6.13. The molecule has 0 radical (unpaired) electrons. The Kier molecular flexibility index (Phi) is 25.4. The van der Waals surface area contributed by atoms with Gasteiger partial charge in [-0.1, -0.05) is 0 Å². The van der Waals surface area contributed by atoms with E-state index in [0.717, 1.165) is 50.1 Å². The van der Waals surface area contributed by atoms with Gasteiger partial charge in [0.1, 0.15) is 69.3 Å².